The number of hydrogen-bond acceptors (Lipinski definition) is 3. The summed E-state index contributed by atoms with van der Waals surface area (Å²) in [6.07, 6.45) is -1.07. The second-order valence-corrected chi connectivity index (χ2v) is 6.19. The highest BCUT2D eigenvalue weighted by molar-refractivity contribution is 6.10. The van der Waals surface area contributed by atoms with Crippen LogP contribution in [-0.2, 0) is 12.6 Å². The van der Waals surface area contributed by atoms with Gasteiger partial charge in [0, 0.05) is 30.4 Å². The van der Waals surface area contributed by atoms with Crippen molar-refractivity contribution >= 4 is 17.6 Å². The van der Waals surface area contributed by atoms with Gasteiger partial charge in [0.1, 0.15) is 5.82 Å². The van der Waals surface area contributed by atoms with E-state index in [1.54, 1.807) is 6.20 Å². The minimum Gasteiger partial charge on any atom is -0.348 e. The number of alkyl halides is 3. The van der Waals surface area contributed by atoms with Gasteiger partial charge in [-0.25, -0.2) is 9.37 Å². The maximum atomic E-state index is 13.3. The van der Waals surface area contributed by atoms with E-state index >= 15 is 0 Å². The lowest BCUT2D eigenvalue weighted by molar-refractivity contribution is -0.136. The van der Waals surface area contributed by atoms with Crippen molar-refractivity contribution < 1.29 is 22.4 Å². The summed E-state index contributed by atoms with van der Waals surface area (Å²) >= 11 is 0. The van der Waals surface area contributed by atoms with E-state index in [1.807, 2.05) is 0 Å². The molecule has 1 amide bonds. The number of aliphatic imine (C=N–C) groups is 1. The maximum Gasteiger partial charge on any atom is 0.418 e. The van der Waals surface area contributed by atoms with Crippen molar-refractivity contribution in [1.82, 2.24) is 15.3 Å². The Bertz CT molecular complexity index is 1010. The van der Waals surface area contributed by atoms with Gasteiger partial charge in [-0.15, -0.1) is 0 Å². The van der Waals surface area contributed by atoms with Gasteiger partial charge in [-0.3, -0.25) is 15.1 Å². The number of halogens is 4. The van der Waals surface area contributed by atoms with Crippen LogP contribution in [0.5, 0.6) is 0 Å². The molecule has 2 aromatic carbocycles. The predicted octanol–water partition coefficient (Wildman–Crippen LogP) is 4.01. The third-order valence-corrected chi connectivity index (χ3v) is 4.03. The zero-order valence-corrected chi connectivity index (χ0v) is 15.5. The molecule has 0 fully saturated rings. The fourth-order valence-electron chi connectivity index (χ4n) is 2.57. The number of amides is 1. The van der Waals surface area contributed by atoms with E-state index in [-0.39, 0.29) is 23.8 Å². The van der Waals surface area contributed by atoms with Crippen LogP contribution in [0.25, 0.3) is 0 Å². The molecular weight excluding hydrogens is 402 g/mol. The Labute approximate surface area is 169 Å². The van der Waals surface area contributed by atoms with Crippen molar-refractivity contribution in [1.29, 1.82) is 0 Å². The van der Waals surface area contributed by atoms with E-state index in [2.05, 4.69) is 25.6 Å². The lowest BCUT2D eigenvalue weighted by Gasteiger charge is -2.16. The molecule has 3 rings (SSSR count). The van der Waals surface area contributed by atoms with Gasteiger partial charge in [0.25, 0.3) is 5.91 Å². The second kappa shape index (κ2) is 9.21. The van der Waals surface area contributed by atoms with Gasteiger partial charge in [-0.2, -0.15) is 13.2 Å². The summed E-state index contributed by atoms with van der Waals surface area (Å²) in [5.74, 6) is -1.33. The molecule has 0 spiro atoms. The smallest absolute Gasteiger partial charge is 0.348 e. The Morgan fingerprint density at radius 3 is 2.50 bits per heavy atom. The minimum atomic E-state index is -4.59. The summed E-state index contributed by atoms with van der Waals surface area (Å²) in [7, 11) is 0. The molecule has 0 aliphatic carbocycles. The maximum absolute atomic E-state index is 13.3. The number of guanidine groups is 1. The summed E-state index contributed by atoms with van der Waals surface area (Å²) < 4.78 is 52.9. The standard InChI is InChI=1S/C20H17F4N5O/c21-14-7-5-13(6-8-14)18(30)29-19(26-10-9-15-11-25-12-27-15)28-17-4-2-1-3-16(17)20(22,23)24/h1-8,11-12H,9-10H2,(H,25,27)(H2,26,28,29,30). The summed E-state index contributed by atoms with van der Waals surface area (Å²) in [6, 6.07) is 9.59. The molecule has 0 radical (unpaired) electrons. The average molecular weight is 419 g/mol. The average Bonchev–Trinajstić information content (AvgIpc) is 3.21. The molecule has 30 heavy (non-hydrogen) atoms. The lowest BCUT2D eigenvalue weighted by Crippen LogP contribution is -2.36. The molecule has 1 aromatic heterocycles. The van der Waals surface area contributed by atoms with Crippen molar-refractivity contribution in [2.45, 2.75) is 12.6 Å². The summed E-state index contributed by atoms with van der Waals surface area (Å²) in [5.41, 5.74) is -0.255. The van der Waals surface area contributed by atoms with Crippen LogP contribution in [0.3, 0.4) is 0 Å². The van der Waals surface area contributed by atoms with Crippen LogP contribution >= 0.6 is 0 Å². The topological polar surface area (TPSA) is 82.2 Å². The van der Waals surface area contributed by atoms with E-state index in [4.69, 9.17) is 0 Å². The number of nitrogens with one attached hydrogen (secondary N) is 3. The number of aromatic amines is 1. The first-order valence-corrected chi connectivity index (χ1v) is 8.85. The molecule has 156 valence electrons. The van der Waals surface area contributed by atoms with Gasteiger partial charge < -0.3 is 10.3 Å². The third-order valence-electron chi connectivity index (χ3n) is 4.03. The molecule has 0 saturated carbocycles. The van der Waals surface area contributed by atoms with Crippen LogP contribution in [-0.4, -0.2) is 28.4 Å². The number of carbonyl (C=O) groups excluding carboxylic acids is 1. The fraction of sp³-hybridized carbons (Fsp3) is 0.150. The van der Waals surface area contributed by atoms with Crippen LogP contribution in [0.2, 0.25) is 0 Å². The van der Waals surface area contributed by atoms with Gasteiger partial charge in [0.05, 0.1) is 17.6 Å². The van der Waals surface area contributed by atoms with E-state index in [0.29, 0.717) is 6.42 Å². The van der Waals surface area contributed by atoms with E-state index in [9.17, 15) is 22.4 Å². The Morgan fingerprint density at radius 1 is 1.10 bits per heavy atom. The van der Waals surface area contributed by atoms with Gasteiger partial charge >= 0.3 is 6.18 Å². The van der Waals surface area contributed by atoms with Crippen molar-refractivity contribution in [2.75, 3.05) is 11.9 Å². The quantitative estimate of drug-likeness (QED) is 0.332. The Kier molecular flexibility index (Phi) is 6.45. The van der Waals surface area contributed by atoms with Gasteiger partial charge in [0.2, 0.25) is 5.96 Å². The fourth-order valence-corrected chi connectivity index (χ4v) is 2.57. The highest BCUT2D eigenvalue weighted by atomic mass is 19.4. The molecule has 3 N–H and O–H groups in total. The Balaban J connectivity index is 1.82. The number of H-pyrrole nitrogens is 1. The molecular formula is C20H17F4N5O. The number of rotatable bonds is 5. The monoisotopic (exact) mass is 419 g/mol. The number of hydrogen-bond donors (Lipinski definition) is 3. The molecule has 0 atom stereocenters. The molecule has 0 unspecified atom stereocenters. The summed E-state index contributed by atoms with van der Waals surface area (Å²) in [4.78, 5) is 23.4. The van der Waals surface area contributed by atoms with Gasteiger partial charge in [-0.1, -0.05) is 12.1 Å². The molecule has 6 nitrogen and oxygen atoms in total. The Hall–Kier alpha value is -3.69. The minimum absolute atomic E-state index is 0.128. The highest BCUT2D eigenvalue weighted by Crippen LogP contribution is 2.34. The van der Waals surface area contributed by atoms with Crippen LogP contribution in [0.15, 0.2) is 66.0 Å². The molecule has 0 bridgehead atoms. The van der Waals surface area contributed by atoms with Crippen molar-refractivity contribution in [3.63, 3.8) is 0 Å². The van der Waals surface area contributed by atoms with E-state index in [0.717, 1.165) is 23.9 Å². The molecule has 10 heteroatoms. The van der Waals surface area contributed by atoms with E-state index in [1.165, 1.54) is 36.7 Å². The molecule has 3 aromatic rings. The molecule has 1 heterocycles. The SMILES string of the molecule is O=C(NC(=NCCc1cnc[nH]1)Nc1ccccc1C(F)(F)F)c1ccc(F)cc1. The number of nitrogens with zero attached hydrogens (tertiary/aromatic N) is 2. The lowest BCUT2D eigenvalue weighted by atomic mass is 10.1. The number of anilines is 1. The third kappa shape index (κ3) is 5.66. The van der Waals surface area contributed by atoms with Crippen molar-refractivity contribution in [3.05, 3.63) is 83.7 Å². The number of benzene rings is 2. The van der Waals surface area contributed by atoms with Crippen molar-refractivity contribution in [3.8, 4) is 0 Å². The zero-order chi connectivity index (χ0) is 21.6. The van der Waals surface area contributed by atoms with Crippen LogP contribution in [0, 0.1) is 5.82 Å². The first-order chi connectivity index (χ1) is 14.3. The van der Waals surface area contributed by atoms with Gasteiger partial charge in [0.15, 0.2) is 0 Å². The first-order valence-electron chi connectivity index (χ1n) is 8.85. The summed E-state index contributed by atoms with van der Waals surface area (Å²) in [5, 5.41) is 4.99. The number of aromatic nitrogens is 2. The largest absolute Gasteiger partial charge is 0.418 e. The van der Waals surface area contributed by atoms with Crippen LogP contribution in [0.4, 0.5) is 23.2 Å². The van der Waals surface area contributed by atoms with Gasteiger partial charge in [-0.05, 0) is 36.4 Å². The highest BCUT2D eigenvalue weighted by Gasteiger charge is 2.33. The number of para-hydroxylation sites is 1. The first kappa shape index (κ1) is 21.0. The molecule has 0 saturated heterocycles. The zero-order valence-electron chi connectivity index (χ0n) is 15.5. The van der Waals surface area contributed by atoms with E-state index < -0.39 is 23.5 Å². The number of carbonyl (C=O) groups is 1. The van der Waals surface area contributed by atoms with Crippen LogP contribution < -0.4 is 10.6 Å². The molecule has 0 aliphatic heterocycles. The summed E-state index contributed by atoms with van der Waals surface area (Å²) in [6.45, 7) is 0.169. The molecule has 0 aliphatic rings. The Morgan fingerprint density at radius 2 is 1.83 bits per heavy atom. The predicted molar refractivity (Wildman–Crippen MR) is 104 cm³/mol. The normalized spacial score (nSPS) is 11.9. The number of imidazole rings is 1. The second-order valence-electron chi connectivity index (χ2n) is 6.19. The van der Waals surface area contributed by atoms with Crippen molar-refractivity contribution in [2.24, 2.45) is 4.99 Å². The van der Waals surface area contributed by atoms with Crippen LogP contribution in [0.1, 0.15) is 21.6 Å².